The molecular weight excluding hydrogens is 218 g/mol. The van der Waals surface area contributed by atoms with E-state index in [-0.39, 0.29) is 19.1 Å². The molecular formula is C12H13N3O2. The number of carbonyl (C=O) groups excluding carboxylic acids is 1. The van der Waals surface area contributed by atoms with Crippen LogP contribution >= 0.6 is 0 Å². The normalized spacial score (nSPS) is 10.2. The van der Waals surface area contributed by atoms with E-state index in [1.807, 2.05) is 22.9 Å². The van der Waals surface area contributed by atoms with Crippen molar-refractivity contribution < 1.29 is 9.90 Å². The van der Waals surface area contributed by atoms with Crippen LogP contribution in [0.25, 0.3) is 5.69 Å². The molecule has 5 heteroatoms. The van der Waals surface area contributed by atoms with Crippen molar-refractivity contribution in [2.75, 3.05) is 13.2 Å². The van der Waals surface area contributed by atoms with Crippen molar-refractivity contribution in [1.82, 2.24) is 14.9 Å². The molecule has 0 saturated carbocycles. The first-order valence-electron chi connectivity index (χ1n) is 5.29. The smallest absolute Gasteiger partial charge is 0.251 e. The molecule has 0 atom stereocenters. The molecule has 0 spiro atoms. The van der Waals surface area contributed by atoms with Gasteiger partial charge < -0.3 is 15.0 Å². The van der Waals surface area contributed by atoms with Gasteiger partial charge in [-0.2, -0.15) is 0 Å². The van der Waals surface area contributed by atoms with E-state index < -0.39 is 0 Å². The predicted molar refractivity (Wildman–Crippen MR) is 63.0 cm³/mol. The molecule has 2 N–H and O–H groups in total. The van der Waals surface area contributed by atoms with Gasteiger partial charge in [-0.3, -0.25) is 4.79 Å². The van der Waals surface area contributed by atoms with Crippen molar-refractivity contribution in [3.05, 3.63) is 48.5 Å². The van der Waals surface area contributed by atoms with E-state index >= 15 is 0 Å². The van der Waals surface area contributed by atoms with E-state index in [9.17, 15) is 4.79 Å². The number of aliphatic hydroxyl groups is 1. The number of benzene rings is 1. The standard InChI is InChI=1S/C12H13N3O2/c16-8-6-14-12(17)10-1-3-11(4-2-10)15-7-5-13-9-15/h1-5,7,9,16H,6,8H2,(H,14,17). The van der Waals surface area contributed by atoms with Gasteiger partial charge in [0.2, 0.25) is 0 Å². The Kier molecular flexibility index (Phi) is 3.52. The molecule has 5 nitrogen and oxygen atoms in total. The molecule has 17 heavy (non-hydrogen) atoms. The second-order valence-corrected chi connectivity index (χ2v) is 3.50. The first-order chi connectivity index (χ1) is 8.31. The maximum absolute atomic E-state index is 11.6. The largest absolute Gasteiger partial charge is 0.395 e. The minimum atomic E-state index is -0.184. The summed E-state index contributed by atoms with van der Waals surface area (Å²) >= 11 is 0. The summed E-state index contributed by atoms with van der Waals surface area (Å²) < 4.78 is 1.86. The molecule has 1 aromatic carbocycles. The van der Waals surface area contributed by atoms with Crippen molar-refractivity contribution >= 4 is 5.91 Å². The van der Waals surface area contributed by atoms with Gasteiger partial charge in [0.15, 0.2) is 0 Å². The topological polar surface area (TPSA) is 67.2 Å². The number of aliphatic hydroxyl groups excluding tert-OH is 1. The monoisotopic (exact) mass is 231 g/mol. The van der Waals surface area contributed by atoms with Crippen molar-refractivity contribution in [1.29, 1.82) is 0 Å². The zero-order valence-electron chi connectivity index (χ0n) is 9.21. The third kappa shape index (κ3) is 2.70. The van der Waals surface area contributed by atoms with Gasteiger partial charge in [-0.1, -0.05) is 0 Å². The van der Waals surface area contributed by atoms with Gasteiger partial charge in [0.25, 0.3) is 5.91 Å². The van der Waals surface area contributed by atoms with Gasteiger partial charge in [-0.25, -0.2) is 4.98 Å². The van der Waals surface area contributed by atoms with Crippen molar-refractivity contribution in [2.24, 2.45) is 0 Å². The van der Waals surface area contributed by atoms with Gasteiger partial charge in [0, 0.05) is 30.2 Å². The van der Waals surface area contributed by atoms with Crippen molar-refractivity contribution in [3.63, 3.8) is 0 Å². The fraction of sp³-hybridized carbons (Fsp3) is 0.167. The zero-order chi connectivity index (χ0) is 12.1. The van der Waals surface area contributed by atoms with Gasteiger partial charge in [0.1, 0.15) is 0 Å². The highest BCUT2D eigenvalue weighted by atomic mass is 16.3. The molecule has 0 saturated heterocycles. The maximum atomic E-state index is 11.6. The lowest BCUT2D eigenvalue weighted by Crippen LogP contribution is -2.26. The van der Waals surface area contributed by atoms with Crippen LogP contribution in [0.5, 0.6) is 0 Å². The molecule has 1 amide bonds. The summed E-state index contributed by atoms with van der Waals surface area (Å²) in [5.74, 6) is -0.184. The van der Waals surface area contributed by atoms with E-state index in [1.165, 1.54) is 0 Å². The van der Waals surface area contributed by atoms with Crippen LogP contribution in [-0.4, -0.2) is 33.7 Å². The maximum Gasteiger partial charge on any atom is 0.251 e. The summed E-state index contributed by atoms with van der Waals surface area (Å²) in [6, 6.07) is 7.16. The molecule has 2 rings (SSSR count). The zero-order valence-corrected chi connectivity index (χ0v) is 9.21. The average molecular weight is 231 g/mol. The highest BCUT2D eigenvalue weighted by Gasteiger charge is 2.04. The molecule has 0 aliphatic carbocycles. The number of carbonyl (C=O) groups is 1. The molecule has 0 aliphatic heterocycles. The fourth-order valence-corrected chi connectivity index (χ4v) is 1.47. The van der Waals surface area contributed by atoms with Crippen LogP contribution in [0.15, 0.2) is 43.0 Å². The van der Waals surface area contributed by atoms with E-state index in [0.717, 1.165) is 5.69 Å². The lowest BCUT2D eigenvalue weighted by Gasteiger charge is -2.05. The van der Waals surface area contributed by atoms with E-state index in [4.69, 9.17) is 5.11 Å². The number of nitrogens with one attached hydrogen (secondary N) is 1. The minimum absolute atomic E-state index is 0.0567. The molecule has 2 aromatic rings. The van der Waals surface area contributed by atoms with Crippen LogP contribution in [0, 0.1) is 0 Å². The van der Waals surface area contributed by atoms with Crippen molar-refractivity contribution in [2.45, 2.75) is 0 Å². The molecule has 1 aromatic heterocycles. The van der Waals surface area contributed by atoms with Crippen molar-refractivity contribution in [3.8, 4) is 5.69 Å². The van der Waals surface area contributed by atoms with Gasteiger partial charge in [0.05, 0.1) is 12.9 Å². The Hall–Kier alpha value is -2.14. The first-order valence-corrected chi connectivity index (χ1v) is 5.29. The summed E-state index contributed by atoms with van der Waals surface area (Å²) in [4.78, 5) is 15.5. The van der Waals surface area contributed by atoms with E-state index in [0.29, 0.717) is 5.56 Å². The third-order valence-corrected chi connectivity index (χ3v) is 2.33. The highest BCUT2D eigenvalue weighted by molar-refractivity contribution is 5.94. The molecule has 1 heterocycles. The fourth-order valence-electron chi connectivity index (χ4n) is 1.47. The lowest BCUT2D eigenvalue weighted by atomic mass is 10.2. The third-order valence-electron chi connectivity index (χ3n) is 2.33. The number of amides is 1. The first kappa shape index (κ1) is 11.3. The second-order valence-electron chi connectivity index (χ2n) is 3.50. The molecule has 0 fully saturated rings. The summed E-state index contributed by atoms with van der Waals surface area (Å²) in [5, 5.41) is 11.2. The molecule has 0 aliphatic rings. The number of aromatic nitrogens is 2. The lowest BCUT2D eigenvalue weighted by molar-refractivity contribution is 0.0945. The highest BCUT2D eigenvalue weighted by Crippen LogP contribution is 2.09. The number of hydrogen-bond acceptors (Lipinski definition) is 3. The number of hydrogen-bond donors (Lipinski definition) is 2. The molecule has 0 radical (unpaired) electrons. The number of imidazole rings is 1. The number of rotatable bonds is 4. The van der Waals surface area contributed by atoms with Gasteiger partial charge in [-0.15, -0.1) is 0 Å². The summed E-state index contributed by atoms with van der Waals surface area (Å²) in [6.45, 7) is 0.209. The Labute approximate surface area is 98.7 Å². The average Bonchev–Trinajstić information content (AvgIpc) is 2.90. The Morgan fingerprint density at radius 1 is 1.35 bits per heavy atom. The summed E-state index contributed by atoms with van der Waals surface area (Å²) in [7, 11) is 0. The van der Waals surface area contributed by atoms with Crippen LogP contribution in [0.1, 0.15) is 10.4 Å². The predicted octanol–water partition coefficient (Wildman–Crippen LogP) is 0.594. The Bertz CT molecular complexity index is 477. The van der Waals surface area contributed by atoms with Crippen LogP contribution in [-0.2, 0) is 0 Å². The Morgan fingerprint density at radius 3 is 2.71 bits per heavy atom. The van der Waals surface area contributed by atoms with Crippen LogP contribution < -0.4 is 5.32 Å². The Morgan fingerprint density at radius 2 is 2.12 bits per heavy atom. The summed E-state index contributed by atoms with van der Waals surface area (Å²) in [6.07, 6.45) is 5.23. The summed E-state index contributed by atoms with van der Waals surface area (Å²) in [5.41, 5.74) is 1.52. The van der Waals surface area contributed by atoms with Crippen LogP contribution in [0.4, 0.5) is 0 Å². The SMILES string of the molecule is O=C(NCCO)c1ccc(-n2ccnc2)cc1. The van der Waals surface area contributed by atoms with Crippen LogP contribution in [0.2, 0.25) is 0 Å². The van der Waals surface area contributed by atoms with Gasteiger partial charge in [-0.05, 0) is 24.3 Å². The Balaban J connectivity index is 2.10. The van der Waals surface area contributed by atoms with E-state index in [1.54, 1.807) is 24.7 Å². The van der Waals surface area contributed by atoms with Crippen LogP contribution in [0.3, 0.4) is 0 Å². The molecule has 0 unspecified atom stereocenters. The van der Waals surface area contributed by atoms with Gasteiger partial charge >= 0.3 is 0 Å². The minimum Gasteiger partial charge on any atom is -0.395 e. The quantitative estimate of drug-likeness (QED) is 0.809. The molecule has 88 valence electrons. The molecule has 0 bridgehead atoms. The number of nitrogens with zero attached hydrogens (tertiary/aromatic N) is 2. The van der Waals surface area contributed by atoms with E-state index in [2.05, 4.69) is 10.3 Å². The second kappa shape index (κ2) is 5.27.